The number of carbonyl (C=O) groups is 1. The highest BCUT2D eigenvalue weighted by Gasteiger charge is 2.26. The van der Waals surface area contributed by atoms with Crippen LogP contribution in [0.1, 0.15) is 16.0 Å². The van der Waals surface area contributed by atoms with E-state index in [0.29, 0.717) is 10.9 Å². The van der Waals surface area contributed by atoms with Gasteiger partial charge in [0.1, 0.15) is 4.83 Å². The number of hydrogen-bond acceptors (Lipinski definition) is 7. The molecule has 1 aliphatic rings. The summed E-state index contributed by atoms with van der Waals surface area (Å²) < 4.78 is 3.58. The third kappa shape index (κ3) is 4.01. The van der Waals surface area contributed by atoms with Gasteiger partial charge in [0.15, 0.2) is 5.16 Å². The van der Waals surface area contributed by atoms with Gasteiger partial charge in [-0.05, 0) is 50.2 Å². The molecule has 8 nitrogen and oxygen atoms in total. The van der Waals surface area contributed by atoms with Gasteiger partial charge in [-0.3, -0.25) is 9.59 Å². The molecule has 6 rings (SSSR count). The van der Waals surface area contributed by atoms with Gasteiger partial charge < -0.3 is 10.2 Å². The number of amides is 1. The molecule has 1 amide bonds. The van der Waals surface area contributed by atoms with Crippen molar-refractivity contribution in [3.63, 3.8) is 0 Å². The number of benzene rings is 2. The molecule has 0 radical (unpaired) electrons. The molecule has 0 atom stereocenters. The lowest BCUT2D eigenvalue weighted by atomic mass is 10.1. The van der Waals surface area contributed by atoms with Crippen molar-refractivity contribution >= 4 is 50.7 Å². The zero-order valence-corrected chi connectivity index (χ0v) is 21.5. The van der Waals surface area contributed by atoms with Crippen LogP contribution >= 0.6 is 23.1 Å². The molecule has 0 fully saturated rings. The second kappa shape index (κ2) is 9.20. The van der Waals surface area contributed by atoms with Crippen molar-refractivity contribution < 1.29 is 4.79 Å². The molecular formula is C26H24N6O2S2. The minimum absolute atomic E-state index is 0.0770. The summed E-state index contributed by atoms with van der Waals surface area (Å²) in [5.74, 6) is 0.501. The molecule has 36 heavy (non-hydrogen) atoms. The molecular weight excluding hydrogens is 492 g/mol. The fourth-order valence-corrected chi connectivity index (χ4v) is 6.76. The monoisotopic (exact) mass is 516 g/mol. The molecule has 4 heterocycles. The van der Waals surface area contributed by atoms with Crippen molar-refractivity contribution in [1.82, 2.24) is 24.1 Å². The van der Waals surface area contributed by atoms with Crippen LogP contribution in [0.25, 0.3) is 21.7 Å². The Hall–Kier alpha value is -3.47. The molecule has 0 unspecified atom stereocenters. The molecule has 10 heteroatoms. The lowest BCUT2D eigenvalue weighted by Gasteiger charge is -2.21. The lowest BCUT2D eigenvalue weighted by Crippen LogP contribution is -2.27. The van der Waals surface area contributed by atoms with E-state index < -0.39 is 0 Å². The van der Waals surface area contributed by atoms with Crippen LogP contribution in [0.3, 0.4) is 0 Å². The van der Waals surface area contributed by atoms with E-state index in [1.807, 2.05) is 65.9 Å². The van der Waals surface area contributed by atoms with Crippen LogP contribution < -0.4 is 10.9 Å². The van der Waals surface area contributed by atoms with Crippen LogP contribution in [0.15, 0.2) is 64.5 Å². The molecule has 0 bridgehead atoms. The average Bonchev–Trinajstić information content (AvgIpc) is 3.46. The molecule has 0 saturated carbocycles. The van der Waals surface area contributed by atoms with Crippen molar-refractivity contribution in [1.29, 1.82) is 0 Å². The summed E-state index contributed by atoms with van der Waals surface area (Å²) in [6, 6.07) is 17.2. The van der Waals surface area contributed by atoms with E-state index >= 15 is 0 Å². The Kier molecular flexibility index (Phi) is 5.87. The Labute approximate surface area is 215 Å². The number of aromatic nitrogens is 4. The molecule has 0 spiro atoms. The number of thioether (sulfide) groups is 1. The van der Waals surface area contributed by atoms with Crippen LogP contribution in [-0.2, 0) is 17.8 Å². The summed E-state index contributed by atoms with van der Waals surface area (Å²) in [7, 11) is 2.10. The number of para-hydroxylation sites is 1. The number of nitrogens with zero attached hydrogens (tertiary/aromatic N) is 5. The molecule has 5 aromatic rings. The molecule has 1 aliphatic heterocycles. The molecule has 2 aromatic carbocycles. The SMILES string of the molecule is Cc1ccc(NC(=O)CSc2nnc3n(-c4ccccc4)c(=O)c4c5c(sc4n23)CN(C)CC5)cc1. The predicted octanol–water partition coefficient (Wildman–Crippen LogP) is 4.12. The van der Waals surface area contributed by atoms with Gasteiger partial charge in [-0.2, -0.15) is 0 Å². The first kappa shape index (κ1) is 23.0. The van der Waals surface area contributed by atoms with Crippen molar-refractivity contribution in [3.8, 4) is 5.69 Å². The molecule has 3 aromatic heterocycles. The predicted molar refractivity (Wildman–Crippen MR) is 145 cm³/mol. The van der Waals surface area contributed by atoms with Gasteiger partial charge in [0, 0.05) is 23.7 Å². The standard InChI is InChI=1S/C26H24N6O2S2/c1-16-8-10-17(11-9-16)27-21(33)15-35-26-29-28-25-31(18-6-4-3-5-7-18)23(34)22-19-12-13-30(2)14-20(19)36-24(22)32(25)26/h3-11H,12-15H2,1-2H3,(H,27,33). The van der Waals surface area contributed by atoms with Gasteiger partial charge in [-0.15, -0.1) is 21.5 Å². The number of anilines is 1. The highest BCUT2D eigenvalue weighted by Crippen LogP contribution is 2.35. The average molecular weight is 517 g/mol. The van der Waals surface area contributed by atoms with Crippen molar-refractivity contribution in [3.05, 3.63) is 81.0 Å². The van der Waals surface area contributed by atoms with Gasteiger partial charge in [0.25, 0.3) is 5.56 Å². The normalized spacial score (nSPS) is 13.8. The van der Waals surface area contributed by atoms with Crippen LogP contribution in [0.4, 0.5) is 5.69 Å². The van der Waals surface area contributed by atoms with Gasteiger partial charge in [0.05, 0.1) is 16.8 Å². The Morgan fingerprint density at radius 2 is 1.89 bits per heavy atom. The first-order chi connectivity index (χ1) is 17.5. The minimum Gasteiger partial charge on any atom is -0.325 e. The number of nitrogens with one attached hydrogen (secondary N) is 1. The highest BCUT2D eigenvalue weighted by atomic mass is 32.2. The Morgan fingerprint density at radius 1 is 1.11 bits per heavy atom. The maximum absolute atomic E-state index is 13.9. The summed E-state index contributed by atoms with van der Waals surface area (Å²) in [5.41, 5.74) is 3.67. The third-order valence-corrected chi connectivity index (χ3v) is 8.48. The van der Waals surface area contributed by atoms with Crippen molar-refractivity contribution in [2.24, 2.45) is 0 Å². The zero-order valence-electron chi connectivity index (χ0n) is 19.9. The van der Waals surface area contributed by atoms with E-state index in [1.165, 1.54) is 16.6 Å². The summed E-state index contributed by atoms with van der Waals surface area (Å²) in [5, 5.41) is 13.1. The minimum atomic E-state index is -0.125. The largest absolute Gasteiger partial charge is 0.325 e. The number of thiophene rings is 1. The number of hydrogen-bond donors (Lipinski definition) is 1. The number of fused-ring (bicyclic) bond motifs is 5. The second-order valence-electron chi connectivity index (χ2n) is 8.97. The Balaban J connectivity index is 1.44. The molecule has 0 saturated heterocycles. The van der Waals surface area contributed by atoms with E-state index in [1.54, 1.807) is 15.9 Å². The number of likely N-dealkylation sites (N-methyl/N-ethyl adjacent to an activating group) is 1. The topological polar surface area (TPSA) is 84.5 Å². The van der Waals surface area contributed by atoms with E-state index in [0.717, 1.165) is 52.2 Å². The van der Waals surface area contributed by atoms with Gasteiger partial charge in [-0.25, -0.2) is 8.97 Å². The van der Waals surface area contributed by atoms with Gasteiger partial charge >= 0.3 is 0 Å². The maximum atomic E-state index is 13.9. The van der Waals surface area contributed by atoms with E-state index in [4.69, 9.17) is 0 Å². The highest BCUT2D eigenvalue weighted by molar-refractivity contribution is 7.99. The van der Waals surface area contributed by atoms with E-state index in [9.17, 15) is 9.59 Å². The smallest absolute Gasteiger partial charge is 0.268 e. The first-order valence-corrected chi connectivity index (χ1v) is 13.5. The molecule has 1 N–H and O–H groups in total. The van der Waals surface area contributed by atoms with Crippen LogP contribution in [-0.4, -0.2) is 49.3 Å². The van der Waals surface area contributed by atoms with Crippen LogP contribution in [0, 0.1) is 6.92 Å². The van der Waals surface area contributed by atoms with E-state index in [-0.39, 0.29) is 17.2 Å². The Bertz CT molecular complexity index is 1650. The summed E-state index contributed by atoms with van der Waals surface area (Å²) in [4.78, 5) is 30.9. The number of carbonyl (C=O) groups excluding carboxylic acids is 1. The fourth-order valence-electron chi connectivity index (χ4n) is 4.55. The zero-order chi connectivity index (χ0) is 24.8. The summed E-state index contributed by atoms with van der Waals surface area (Å²) in [6.45, 7) is 3.73. The fraction of sp³-hybridized carbons (Fsp3) is 0.231. The maximum Gasteiger partial charge on any atom is 0.268 e. The van der Waals surface area contributed by atoms with Crippen LogP contribution in [0.5, 0.6) is 0 Å². The molecule has 182 valence electrons. The quantitative estimate of drug-likeness (QED) is 0.354. The van der Waals surface area contributed by atoms with Crippen molar-refractivity contribution in [2.75, 3.05) is 24.7 Å². The third-order valence-electron chi connectivity index (χ3n) is 6.35. The van der Waals surface area contributed by atoms with Gasteiger partial charge in [0.2, 0.25) is 11.7 Å². The summed E-state index contributed by atoms with van der Waals surface area (Å²) >= 11 is 2.94. The Morgan fingerprint density at radius 3 is 2.67 bits per heavy atom. The number of rotatable bonds is 5. The van der Waals surface area contributed by atoms with Crippen LogP contribution in [0.2, 0.25) is 0 Å². The number of aryl methyl sites for hydroxylation is 1. The van der Waals surface area contributed by atoms with E-state index in [2.05, 4.69) is 27.5 Å². The summed E-state index contributed by atoms with van der Waals surface area (Å²) in [6.07, 6.45) is 0.824. The molecule has 0 aliphatic carbocycles. The first-order valence-electron chi connectivity index (χ1n) is 11.7. The van der Waals surface area contributed by atoms with Crippen molar-refractivity contribution in [2.45, 2.75) is 25.0 Å². The second-order valence-corrected chi connectivity index (χ2v) is 11.0. The lowest BCUT2D eigenvalue weighted by molar-refractivity contribution is -0.113. The van der Waals surface area contributed by atoms with Gasteiger partial charge in [-0.1, -0.05) is 47.7 Å².